The second kappa shape index (κ2) is 25.6. The summed E-state index contributed by atoms with van der Waals surface area (Å²) in [5.41, 5.74) is -21.9. The molecule has 0 aliphatic carbocycles. The van der Waals surface area contributed by atoms with E-state index in [0.29, 0.717) is 0 Å². The van der Waals surface area contributed by atoms with Crippen LogP contribution in [0.3, 0.4) is 0 Å². The fourth-order valence-electron chi connectivity index (χ4n) is 18.0. The van der Waals surface area contributed by atoms with Gasteiger partial charge in [0.15, 0.2) is 46.5 Å². The van der Waals surface area contributed by atoms with Crippen molar-refractivity contribution in [2.45, 2.75) is 233 Å². The summed E-state index contributed by atoms with van der Waals surface area (Å²) >= 11 is 0. The van der Waals surface area contributed by atoms with Crippen molar-refractivity contribution < 1.29 is 89.1 Å². The summed E-state index contributed by atoms with van der Waals surface area (Å²) < 4.78 is 295. The molecule has 0 aliphatic rings. The van der Waals surface area contributed by atoms with Crippen LogP contribution in [0.2, 0.25) is 66.5 Å². The molecule has 0 saturated heterocycles. The van der Waals surface area contributed by atoms with Gasteiger partial charge in [0.25, 0.3) is 0 Å². The van der Waals surface area contributed by atoms with E-state index in [2.05, 4.69) is 0 Å². The third-order valence-corrected chi connectivity index (χ3v) is 48.3. The van der Waals surface area contributed by atoms with Crippen molar-refractivity contribution in [3.05, 3.63) is 93.1 Å². The Morgan fingerprint density at radius 1 is 0.183 bits per heavy atom. The maximum atomic E-state index is 18.7. The van der Waals surface area contributed by atoms with Crippen molar-refractivity contribution in [1.29, 1.82) is 0 Å². The molecule has 0 fully saturated rings. The Bertz CT molecular complexity index is 2440. The second-order valence-electron chi connectivity index (χ2n) is 26.6. The Kier molecular flexibility index (Phi) is 22.9. The van der Waals surface area contributed by atoms with Gasteiger partial charge in [-0.15, -0.1) is 21.9 Å². The molecule has 0 spiro atoms. The molecule has 0 amide bonds. The molecule has 82 heavy (non-hydrogen) atoms. The molecule has 0 N–H and O–H groups in total. The second-order valence-corrected chi connectivity index (χ2v) is 50.0. The van der Waals surface area contributed by atoms with Crippen molar-refractivity contribution in [3.8, 4) is 0 Å². The minimum Gasteiger partial charge on any atom is -0.207 e. The molecule has 0 atom stereocenters. The molecule has 0 saturated carbocycles. The van der Waals surface area contributed by atoms with E-state index < -0.39 is 241 Å². The summed E-state index contributed by atoms with van der Waals surface area (Å²) in [6, 6.07) is 0. The number of hydrogen-bond acceptors (Lipinski definition) is 0. The quantitative estimate of drug-likeness (QED) is 0.0470. The van der Waals surface area contributed by atoms with Crippen LogP contribution < -0.4 is 61.5 Å². The van der Waals surface area contributed by atoms with Crippen LogP contribution in [-0.2, 0) is 0 Å². The Morgan fingerprint density at radius 3 is 0.341 bits per heavy atom. The van der Waals surface area contributed by atoms with Crippen LogP contribution in [-0.4, -0.2) is 38.4 Å². The molecule has 4 rings (SSSR count). The van der Waals surface area contributed by atoms with Gasteiger partial charge in [0.1, 0.15) is 85.0 Å². The molecule has 0 unspecified atom stereocenters. The Labute approximate surface area is 493 Å². The van der Waals surface area contributed by atoms with Gasteiger partial charge in [-0.2, -0.15) is 0 Å². The van der Waals surface area contributed by atoms with Crippen LogP contribution in [0.25, 0.3) is 0 Å². The number of benzene rings is 4. The van der Waals surface area contributed by atoms with Gasteiger partial charge in [0.05, 0.1) is 0 Å². The molecule has 4 aromatic rings. The number of hydrogen-bond donors (Lipinski definition) is 0. The SMILES string of the molecule is CC(C)[Si](c1c(F)c(F)c([B-](c2c(F)c(F)c([Si](C(C)C)(C(C)C)C(C)C)c(F)c2F)(c2c(F)c(F)c([Si](C(C)C)(C(C)C)C(C)C)c(F)c2F)c2c(F)c(F)c([Si](C(C)C)(C(C)C)C(C)C)c(F)c2F)c(F)c1F)(C(C)C)C(C)C.[Li+]. The van der Waals surface area contributed by atoms with Crippen molar-refractivity contribution in [3.63, 3.8) is 0 Å². The number of rotatable bonds is 20. The van der Waals surface area contributed by atoms with Gasteiger partial charge in [-0.1, -0.05) is 166 Å². The van der Waals surface area contributed by atoms with E-state index in [-0.39, 0.29) is 18.9 Å². The van der Waals surface area contributed by atoms with E-state index in [9.17, 15) is 0 Å². The predicted octanol–water partition coefficient (Wildman–Crippen LogP) is 13.8. The van der Waals surface area contributed by atoms with E-state index in [0.717, 1.165) is 0 Å². The molecule has 0 bridgehead atoms. The van der Waals surface area contributed by atoms with Crippen LogP contribution in [0.15, 0.2) is 0 Å². The molecule has 0 radical (unpaired) electrons. The minimum atomic E-state index is -6.86. The first-order valence-electron chi connectivity index (χ1n) is 28.5. The number of halogens is 16. The van der Waals surface area contributed by atoms with E-state index in [1.165, 1.54) is 166 Å². The third-order valence-electron chi connectivity index (χ3n) is 20.1. The Hall–Kier alpha value is -2.71. The van der Waals surface area contributed by atoms with Crippen LogP contribution in [0.5, 0.6) is 0 Å². The van der Waals surface area contributed by atoms with Crippen molar-refractivity contribution in [1.82, 2.24) is 0 Å². The van der Waals surface area contributed by atoms with Crippen molar-refractivity contribution >= 4 is 81.0 Å². The zero-order chi connectivity index (χ0) is 63.3. The van der Waals surface area contributed by atoms with Gasteiger partial charge in [-0.25, -0.2) is 70.2 Å². The predicted molar refractivity (Wildman–Crippen MR) is 312 cm³/mol. The molecule has 22 heteroatoms. The standard InChI is InChI=1S/C60H84BF16Si4.Li/c1-25(2)78(26(3)4,27(5)6)57-49(70)41(62)37(42(63)50(57)71)61(38-43(64)51(72)58(52(73)44(38)65)79(28(7)8,29(9)10)30(11)12,39-45(66)53(74)59(54(75)46(39)67)80(31(13)14,32(15)16)33(17)18)40-47(68)55(76)60(56(77)48(40)69)81(34(19)20,35(21)22)36(23)24;/h25-36H,1-24H3;/q-1;+1. The zero-order valence-corrected chi connectivity index (χ0v) is 56.6. The molecule has 0 heterocycles. The van der Waals surface area contributed by atoms with E-state index in [1.807, 2.05) is 0 Å². The van der Waals surface area contributed by atoms with E-state index >= 15 is 70.2 Å². The van der Waals surface area contributed by atoms with Gasteiger partial charge < -0.3 is 0 Å². The molecule has 456 valence electrons. The van der Waals surface area contributed by atoms with Gasteiger partial charge in [0, 0.05) is 20.7 Å². The molecule has 0 nitrogen and oxygen atoms in total. The Morgan fingerprint density at radius 2 is 0.268 bits per heavy atom. The molecule has 0 aromatic heterocycles. The van der Waals surface area contributed by atoms with Gasteiger partial charge >= 0.3 is 18.9 Å². The normalized spacial score (nSPS) is 13.6. The van der Waals surface area contributed by atoms with Crippen LogP contribution >= 0.6 is 0 Å². The zero-order valence-electron chi connectivity index (χ0n) is 52.6. The van der Waals surface area contributed by atoms with Crippen molar-refractivity contribution in [2.24, 2.45) is 0 Å². The average Bonchev–Trinajstić information content (AvgIpc) is 3.32. The van der Waals surface area contributed by atoms with Gasteiger partial charge in [-0.3, -0.25) is 0 Å². The Balaban J connectivity index is 0.0000176. The first-order valence-corrected chi connectivity index (χ1v) is 37.4. The monoisotopic (exact) mass is 1240 g/mol. The molecular formula is C60H84BF16LiSi4. The maximum absolute atomic E-state index is 18.7. The first kappa shape index (κ1) is 73.5. The smallest absolute Gasteiger partial charge is 0.207 e. The van der Waals surface area contributed by atoms with Crippen LogP contribution in [0, 0.1) is 93.1 Å². The summed E-state index contributed by atoms with van der Waals surface area (Å²) in [4.78, 5) is 0. The summed E-state index contributed by atoms with van der Waals surface area (Å²) in [7, 11) is -16.8. The average molecular weight is 1240 g/mol. The molecular weight excluding hydrogens is 1150 g/mol. The van der Waals surface area contributed by atoms with Crippen molar-refractivity contribution in [2.75, 3.05) is 0 Å². The minimum absolute atomic E-state index is 0. The fraction of sp³-hybridized carbons (Fsp3) is 0.600. The van der Waals surface area contributed by atoms with E-state index in [1.54, 1.807) is 0 Å². The fourth-order valence-corrected chi connectivity index (χ4v) is 44.8. The molecule has 4 aromatic carbocycles. The largest absolute Gasteiger partial charge is 1.00 e. The summed E-state index contributed by atoms with van der Waals surface area (Å²) in [6.45, 7) is 35.2. The summed E-state index contributed by atoms with van der Waals surface area (Å²) in [5.74, 6) is -43.6. The summed E-state index contributed by atoms with van der Waals surface area (Å²) in [6.07, 6.45) is -6.86. The van der Waals surface area contributed by atoms with E-state index in [4.69, 9.17) is 0 Å². The summed E-state index contributed by atoms with van der Waals surface area (Å²) in [5, 5.41) is -5.31. The van der Waals surface area contributed by atoms with Crippen LogP contribution in [0.1, 0.15) is 166 Å². The van der Waals surface area contributed by atoms with Gasteiger partial charge in [0.2, 0.25) is 0 Å². The van der Waals surface area contributed by atoms with Crippen LogP contribution in [0.4, 0.5) is 70.2 Å². The third kappa shape index (κ3) is 9.89. The van der Waals surface area contributed by atoms with Gasteiger partial charge in [-0.05, 0) is 66.5 Å². The molecule has 0 aliphatic heterocycles. The first-order chi connectivity index (χ1) is 36.9. The maximum Gasteiger partial charge on any atom is 1.00 e. The topological polar surface area (TPSA) is 0 Å².